The number of aromatic amines is 1. The van der Waals surface area contributed by atoms with Gasteiger partial charge in [-0.25, -0.2) is 4.98 Å². The number of hydrogen-bond donors (Lipinski definition) is 2. The number of nitrogens with one attached hydrogen (secondary N) is 2. The highest BCUT2D eigenvalue weighted by Crippen LogP contribution is 2.00. The number of rotatable bonds is 4. The molecule has 2 N–H and O–H groups in total. The van der Waals surface area contributed by atoms with Crippen molar-refractivity contribution in [3.05, 3.63) is 22.1 Å². The van der Waals surface area contributed by atoms with Gasteiger partial charge in [0.1, 0.15) is 0 Å². The molecular formula is C10H18N4O. The Hall–Kier alpha value is -1.36. The maximum atomic E-state index is 11.3. The van der Waals surface area contributed by atoms with Gasteiger partial charge in [-0.05, 0) is 0 Å². The van der Waals surface area contributed by atoms with E-state index in [9.17, 15) is 4.79 Å². The first kappa shape index (κ1) is 11.7. The highest BCUT2D eigenvalue weighted by molar-refractivity contribution is 5.27. The summed E-state index contributed by atoms with van der Waals surface area (Å²) < 4.78 is 0. The molecule has 0 bridgehead atoms. The van der Waals surface area contributed by atoms with Crippen molar-refractivity contribution < 1.29 is 0 Å². The summed E-state index contributed by atoms with van der Waals surface area (Å²) in [6, 6.07) is 1.90. The van der Waals surface area contributed by atoms with Crippen LogP contribution in [-0.4, -0.2) is 30.1 Å². The second-order valence-electron chi connectivity index (χ2n) is 3.99. The SMILES string of the molecule is CC(C)NCc1cc(=O)[nH]c(N(C)C)n1. The lowest BCUT2D eigenvalue weighted by molar-refractivity contribution is 0.580. The van der Waals surface area contributed by atoms with Crippen molar-refractivity contribution in [2.24, 2.45) is 0 Å². The lowest BCUT2D eigenvalue weighted by atomic mass is 10.3. The van der Waals surface area contributed by atoms with Gasteiger partial charge >= 0.3 is 0 Å². The zero-order valence-electron chi connectivity index (χ0n) is 9.66. The fourth-order valence-electron chi connectivity index (χ4n) is 1.10. The van der Waals surface area contributed by atoms with E-state index in [4.69, 9.17) is 0 Å². The molecule has 1 aromatic rings. The van der Waals surface area contributed by atoms with Crippen LogP contribution in [0, 0.1) is 0 Å². The Kier molecular flexibility index (Phi) is 3.85. The molecule has 1 aromatic heterocycles. The summed E-state index contributed by atoms with van der Waals surface area (Å²) in [6.07, 6.45) is 0. The average molecular weight is 210 g/mol. The van der Waals surface area contributed by atoms with Crippen LogP contribution in [0.2, 0.25) is 0 Å². The van der Waals surface area contributed by atoms with Gasteiger partial charge in [-0.1, -0.05) is 13.8 Å². The second kappa shape index (κ2) is 4.93. The maximum Gasteiger partial charge on any atom is 0.252 e. The van der Waals surface area contributed by atoms with Crippen LogP contribution in [0.5, 0.6) is 0 Å². The largest absolute Gasteiger partial charge is 0.348 e. The van der Waals surface area contributed by atoms with Crippen LogP contribution in [0.15, 0.2) is 10.9 Å². The molecule has 1 heterocycles. The summed E-state index contributed by atoms with van der Waals surface area (Å²) in [6.45, 7) is 4.72. The van der Waals surface area contributed by atoms with Crippen LogP contribution >= 0.6 is 0 Å². The van der Waals surface area contributed by atoms with E-state index in [-0.39, 0.29) is 5.56 Å². The molecule has 0 unspecified atom stereocenters. The Labute approximate surface area is 89.5 Å². The number of nitrogens with zero attached hydrogens (tertiary/aromatic N) is 2. The molecule has 0 radical (unpaired) electrons. The van der Waals surface area contributed by atoms with Crippen molar-refractivity contribution in [3.63, 3.8) is 0 Å². The fraction of sp³-hybridized carbons (Fsp3) is 0.600. The third-order valence-electron chi connectivity index (χ3n) is 1.90. The summed E-state index contributed by atoms with van der Waals surface area (Å²) in [5, 5.41) is 3.22. The normalized spacial score (nSPS) is 10.7. The molecule has 0 saturated carbocycles. The average Bonchev–Trinajstić information content (AvgIpc) is 2.13. The summed E-state index contributed by atoms with van der Waals surface area (Å²) in [4.78, 5) is 20.1. The third-order valence-corrected chi connectivity index (χ3v) is 1.90. The van der Waals surface area contributed by atoms with E-state index in [0.29, 0.717) is 18.5 Å². The Bertz CT molecular complexity index is 370. The second-order valence-corrected chi connectivity index (χ2v) is 3.99. The molecule has 0 fully saturated rings. The Balaban J connectivity index is 2.84. The van der Waals surface area contributed by atoms with Crippen molar-refractivity contribution in [1.29, 1.82) is 0 Å². The van der Waals surface area contributed by atoms with Crippen LogP contribution in [0.1, 0.15) is 19.5 Å². The quantitative estimate of drug-likeness (QED) is 0.752. The first-order valence-electron chi connectivity index (χ1n) is 5.00. The first-order valence-corrected chi connectivity index (χ1v) is 5.00. The van der Waals surface area contributed by atoms with Crippen LogP contribution < -0.4 is 15.8 Å². The van der Waals surface area contributed by atoms with E-state index in [2.05, 4.69) is 29.1 Å². The molecule has 0 saturated heterocycles. The summed E-state index contributed by atoms with van der Waals surface area (Å²) in [7, 11) is 3.69. The summed E-state index contributed by atoms with van der Waals surface area (Å²) in [5.41, 5.74) is 0.644. The van der Waals surface area contributed by atoms with Gasteiger partial charge in [-0.2, -0.15) is 0 Å². The Morgan fingerprint density at radius 1 is 1.53 bits per heavy atom. The molecule has 5 nitrogen and oxygen atoms in total. The van der Waals surface area contributed by atoms with Gasteiger partial charge < -0.3 is 10.2 Å². The topological polar surface area (TPSA) is 61.0 Å². The standard InChI is InChI=1S/C10H18N4O/c1-7(2)11-6-8-5-9(15)13-10(12-8)14(3)4/h5,7,11H,6H2,1-4H3,(H,12,13,15). The zero-order valence-corrected chi connectivity index (χ0v) is 9.66. The molecule has 0 amide bonds. The molecule has 0 spiro atoms. The predicted molar refractivity (Wildman–Crippen MR) is 61.2 cm³/mol. The number of hydrogen-bond acceptors (Lipinski definition) is 4. The van der Waals surface area contributed by atoms with Crippen LogP contribution in [0.4, 0.5) is 5.95 Å². The van der Waals surface area contributed by atoms with Gasteiger partial charge in [-0.15, -0.1) is 0 Å². The molecule has 0 aliphatic rings. The number of aromatic nitrogens is 2. The van der Waals surface area contributed by atoms with Gasteiger partial charge in [0, 0.05) is 32.7 Å². The van der Waals surface area contributed by atoms with E-state index in [0.717, 1.165) is 5.69 Å². The van der Waals surface area contributed by atoms with Crippen molar-refractivity contribution in [1.82, 2.24) is 15.3 Å². The van der Waals surface area contributed by atoms with Crippen LogP contribution in [-0.2, 0) is 6.54 Å². The van der Waals surface area contributed by atoms with Crippen molar-refractivity contribution >= 4 is 5.95 Å². The van der Waals surface area contributed by atoms with Gasteiger partial charge in [-0.3, -0.25) is 9.78 Å². The smallest absolute Gasteiger partial charge is 0.252 e. The lowest BCUT2D eigenvalue weighted by Gasteiger charge is -2.12. The van der Waals surface area contributed by atoms with Crippen molar-refractivity contribution in [2.45, 2.75) is 26.4 Å². The number of H-pyrrole nitrogens is 1. The Morgan fingerprint density at radius 3 is 2.73 bits per heavy atom. The minimum absolute atomic E-state index is 0.116. The molecule has 0 aliphatic heterocycles. The molecule has 0 atom stereocenters. The van der Waals surface area contributed by atoms with Gasteiger partial charge in [0.25, 0.3) is 5.56 Å². The van der Waals surface area contributed by atoms with E-state index < -0.39 is 0 Å². The molecule has 84 valence electrons. The van der Waals surface area contributed by atoms with Crippen molar-refractivity contribution in [3.8, 4) is 0 Å². The van der Waals surface area contributed by atoms with Gasteiger partial charge in [0.2, 0.25) is 5.95 Å². The van der Waals surface area contributed by atoms with Crippen LogP contribution in [0.3, 0.4) is 0 Å². The zero-order chi connectivity index (χ0) is 11.4. The van der Waals surface area contributed by atoms with E-state index in [1.807, 2.05) is 14.1 Å². The van der Waals surface area contributed by atoms with E-state index in [1.165, 1.54) is 6.07 Å². The first-order chi connectivity index (χ1) is 6.99. The van der Waals surface area contributed by atoms with E-state index in [1.54, 1.807) is 4.90 Å². The molecular weight excluding hydrogens is 192 g/mol. The molecule has 5 heteroatoms. The highest BCUT2D eigenvalue weighted by Gasteiger charge is 2.03. The fourth-order valence-corrected chi connectivity index (χ4v) is 1.10. The predicted octanol–water partition coefficient (Wildman–Crippen LogP) is 0.334. The summed E-state index contributed by atoms with van der Waals surface area (Å²) >= 11 is 0. The summed E-state index contributed by atoms with van der Waals surface area (Å²) in [5.74, 6) is 0.586. The maximum absolute atomic E-state index is 11.3. The molecule has 0 aliphatic carbocycles. The molecule has 0 aromatic carbocycles. The third kappa shape index (κ3) is 3.71. The lowest BCUT2D eigenvalue weighted by Crippen LogP contribution is -2.25. The number of anilines is 1. The minimum Gasteiger partial charge on any atom is -0.348 e. The van der Waals surface area contributed by atoms with Crippen LogP contribution in [0.25, 0.3) is 0 Å². The van der Waals surface area contributed by atoms with Gasteiger partial charge in [0.15, 0.2) is 0 Å². The molecule has 15 heavy (non-hydrogen) atoms. The monoisotopic (exact) mass is 210 g/mol. The van der Waals surface area contributed by atoms with Crippen molar-refractivity contribution in [2.75, 3.05) is 19.0 Å². The van der Waals surface area contributed by atoms with E-state index >= 15 is 0 Å². The molecule has 1 rings (SSSR count). The Morgan fingerprint density at radius 2 is 2.20 bits per heavy atom. The minimum atomic E-state index is -0.116. The van der Waals surface area contributed by atoms with Gasteiger partial charge in [0.05, 0.1) is 5.69 Å². The highest BCUT2D eigenvalue weighted by atomic mass is 16.1.